The minimum absolute atomic E-state index is 0.0554. The molecule has 5 nitrogen and oxygen atoms in total. The molecule has 1 N–H and O–H groups in total. The van der Waals surface area contributed by atoms with Gasteiger partial charge in [0, 0.05) is 17.1 Å². The highest BCUT2D eigenvalue weighted by molar-refractivity contribution is 7.80. The van der Waals surface area contributed by atoms with E-state index in [2.05, 4.69) is 68.8 Å². The van der Waals surface area contributed by atoms with Gasteiger partial charge in [-0.1, -0.05) is 58.9 Å². The maximum atomic E-state index is 13.5. The Bertz CT molecular complexity index is 1370. The van der Waals surface area contributed by atoms with E-state index in [1.807, 2.05) is 44.2 Å². The number of hydrogen-bond donors (Lipinski definition) is 1. The molecule has 0 bridgehead atoms. The molecule has 1 aliphatic heterocycles. The summed E-state index contributed by atoms with van der Waals surface area (Å²) in [7, 11) is 0. The Balaban J connectivity index is 1.70. The maximum Gasteiger partial charge on any atom is 0.270 e. The number of carbonyl (C=O) groups excluding carboxylic acids is 2. The van der Waals surface area contributed by atoms with Crippen LogP contribution in [0, 0.1) is 13.8 Å². The summed E-state index contributed by atoms with van der Waals surface area (Å²) >= 11 is 5.36. The second kappa shape index (κ2) is 9.51. The van der Waals surface area contributed by atoms with Crippen molar-refractivity contribution in [1.82, 2.24) is 9.88 Å². The molecular weight excluding hydrogens is 466 g/mol. The van der Waals surface area contributed by atoms with Gasteiger partial charge in [-0.2, -0.15) is 0 Å². The van der Waals surface area contributed by atoms with Crippen LogP contribution in [-0.4, -0.2) is 21.5 Å². The van der Waals surface area contributed by atoms with Gasteiger partial charge in [0.15, 0.2) is 5.11 Å². The van der Waals surface area contributed by atoms with Crippen molar-refractivity contribution in [3.8, 4) is 5.69 Å². The Morgan fingerprint density at radius 1 is 0.917 bits per heavy atom. The molecular formula is C30H33N3O2S. The molecule has 2 amide bonds. The third-order valence-corrected chi connectivity index (χ3v) is 6.97. The van der Waals surface area contributed by atoms with Crippen molar-refractivity contribution >= 4 is 40.9 Å². The molecule has 1 saturated heterocycles. The van der Waals surface area contributed by atoms with Crippen molar-refractivity contribution in [3.05, 3.63) is 88.2 Å². The first-order chi connectivity index (χ1) is 16.9. The van der Waals surface area contributed by atoms with E-state index in [1.54, 1.807) is 6.08 Å². The number of thiocarbonyl (C=S) groups is 1. The van der Waals surface area contributed by atoms with Crippen LogP contribution in [0.3, 0.4) is 0 Å². The number of rotatable bonds is 4. The van der Waals surface area contributed by atoms with Gasteiger partial charge in [-0.15, -0.1) is 0 Å². The average Bonchev–Trinajstić information content (AvgIpc) is 3.09. The summed E-state index contributed by atoms with van der Waals surface area (Å²) in [4.78, 5) is 27.7. The normalized spacial score (nSPS) is 15.7. The number of aromatic nitrogens is 1. The zero-order valence-electron chi connectivity index (χ0n) is 22.0. The first-order valence-electron chi connectivity index (χ1n) is 12.2. The summed E-state index contributed by atoms with van der Waals surface area (Å²) < 4.78 is 2.14. The highest BCUT2D eigenvalue weighted by Gasteiger charge is 2.34. The third-order valence-electron chi connectivity index (χ3n) is 6.68. The predicted octanol–water partition coefficient (Wildman–Crippen LogP) is 6.35. The number of benzene rings is 2. The van der Waals surface area contributed by atoms with Crippen LogP contribution < -0.4 is 10.2 Å². The molecule has 2 heterocycles. The van der Waals surface area contributed by atoms with Crippen LogP contribution in [0.4, 0.5) is 5.69 Å². The molecule has 0 spiro atoms. The van der Waals surface area contributed by atoms with Crippen LogP contribution in [0.5, 0.6) is 0 Å². The molecule has 2 aromatic carbocycles. The molecule has 0 saturated carbocycles. The fraction of sp³-hybridized carbons (Fsp3) is 0.300. The van der Waals surface area contributed by atoms with Crippen LogP contribution in [0.1, 0.15) is 68.6 Å². The Morgan fingerprint density at radius 3 is 2.06 bits per heavy atom. The topological polar surface area (TPSA) is 54.3 Å². The lowest BCUT2D eigenvalue weighted by molar-refractivity contribution is -0.122. The fourth-order valence-electron chi connectivity index (χ4n) is 4.50. The lowest BCUT2D eigenvalue weighted by atomic mass is 9.87. The standard InChI is InChI=1S/C30H33N3O2S/c1-18(2)21-8-12-25(13-9-21)33-28(35)26(27(34)31-29(33)36)17-22-16-19(3)32(20(22)4)24-14-10-23(11-15-24)30(5,6)7/h8-18H,1-7H3,(H,31,34,36)/b26-17+. The molecule has 3 aromatic rings. The summed E-state index contributed by atoms with van der Waals surface area (Å²) in [6.07, 6.45) is 1.66. The van der Waals surface area contributed by atoms with Crippen molar-refractivity contribution in [2.24, 2.45) is 0 Å². The van der Waals surface area contributed by atoms with Crippen molar-refractivity contribution in [1.29, 1.82) is 0 Å². The summed E-state index contributed by atoms with van der Waals surface area (Å²) in [6, 6.07) is 18.2. The van der Waals surface area contributed by atoms with E-state index >= 15 is 0 Å². The number of anilines is 1. The Hall–Kier alpha value is -3.51. The highest BCUT2D eigenvalue weighted by atomic mass is 32.1. The minimum Gasteiger partial charge on any atom is -0.318 e. The van der Waals surface area contributed by atoms with Gasteiger partial charge in [-0.3, -0.25) is 19.8 Å². The van der Waals surface area contributed by atoms with E-state index in [-0.39, 0.29) is 16.1 Å². The molecule has 0 unspecified atom stereocenters. The van der Waals surface area contributed by atoms with Gasteiger partial charge in [-0.05, 0) is 90.5 Å². The van der Waals surface area contributed by atoms with E-state index < -0.39 is 11.8 Å². The second-order valence-corrected chi connectivity index (χ2v) is 11.0. The van der Waals surface area contributed by atoms with E-state index in [9.17, 15) is 9.59 Å². The predicted molar refractivity (Wildman–Crippen MR) is 151 cm³/mol. The Labute approximate surface area is 218 Å². The molecule has 0 aliphatic carbocycles. The van der Waals surface area contributed by atoms with Crippen LogP contribution in [0.15, 0.2) is 60.2 Å². The lowest BCUT2D eigenvalue weighted by Crippen LogP contribution is -2.54. The lowest BCUT2D eigenvalue weighted by Gasteiger charge is -2.29. The first-order valence-corrected chi connectivity index (χ1v) is 12.6. The van der Waals surface area contributed by atoms with Gasteiger partial charge < -0.3 is 4.57 Å². The molecule has 1 aromatic heterocycles. The molecule has 36 heavy (non-hydrogen) atoms. The summed E-state index contributed by atoms with van der Waals surface area (Å²) in [6.45, 7) is 14.8. The van der Waals surface area contributed by atoms with Crippen LogP contribution in [0.2, 0.25) is 0 Å². The number of aryl methyl sites for hydroxylation is 1. The Morgan fingerprint density at radius 2 is 1.50 bits per heavy atom. The summed E-state index contributed by atoms with van der Waals surface area (Å²) in [5.74, 6) is -0.544. The van der Waals surface area contributed by atoms with Crippen molar-refractivity contribution in [2.45, 2.75) is 59.8 Å². The smallest absolute Gasteiger partial charge is 0.270 e. The number of amides is 2. The molecule has 0 radical (unpaired) electrons. The molecule has 6 heteroatoms. The first kappa shape index (κ1) is 25.6. The van der Waals surface area contributed by atoms with Gasteiger partial charge in [0.05, 0.1) is 5.69 Å². The minimum atomic E-state index is -0.487. The largest absolute Gasteiger partial charge is 0.318 e. The molecule has 1 fully saturated rings. The number of hydrogen-bond acceptors (Lipinski definition) is 3. The zero-order chi connectivity index (χ0) is 26.4. The molecule has 4 rings (SSSR count). The average molecular weight is 500 g/mol. The van der Waals surface area contributed by atoms with Gasteiger partial charge in [-0.25, -0.2) is 0 Å². The Kier molecular flexibility index (Phi) is 6.76. The van der Waals surface area contributed by atoms with E-state index in [4.69, 9.17) is 12.2 Å². The van der Waals surface area contributed by atoms with Gasteiger partial charge in [0.2, 0.25) is 0 Å². The van der Waals surface area contributed by atoms with E-state index in [1.165, 1.54) is 10.5 Å². The van der Waals surface area contributed by atoms with Crippen LogP contribution >= 0.6 is 12.2 Å². The molecule has 1 aliphatic rings. The van der Waals surface area contributed by atoms with E-state index in [0.717, 1.165) is 28.2 Å². The van der Waals surface area contributed by atoms with Gasteiger partial charge >= 0.3 is 0 Å². The van der Waals surface area contributed by atoms with Crippen LogP contribution in [0.25, 0.3) is 11.8 Å². The maximum absolute atomic E-state index is 13.5. The zero-order valence-corrected chi connectivity index (χ0v) is 22.8. The number of nitrogens with one attached hydrogen (secondary N) is 1. The molecule has 186 valence electrons. The quantitative estimate of drug-likeness (QED) is 0.259. The van der Waals surface area contributed by atoms with Crippen molar-refractivity contribution in [2.75, 3.05) is 4.90 Å². The van der Waals surface area contributed by atoms with Gasteiger partial charge in [0.1, 0.15) is 5.57 Å². The fourth-order valence-corrected chi connectivity index (χ4v) is 4.78. The third kappa shape index (κ3) is 4.78. The second-order valence-electron chi connectivity index (χ2n) is 10.7. The van der Waals surface area contributed by atoms with E-state index in [0.29, 0.717) is 11.6 Å². The summed E-state index contributed by atoms with van der Waals surface area (Å²) in [5.41, 5.74) is 7.00. The van der Waals surface area contributed by atoms with Crippen LogP contribution in [-0.2, 0) is 15.0 Å². The number of nitrogens with zero attached hydrogens (tertiary/aromatic N) is 2. The van der Waals surface area contributed by atoms with Crippen molar-refractivity contribution < 1.29 is 9.59 Å². The SMILES string of the molecule is Cc1cc(/C=C2\C(=O)NC(=S)N(c3ccc(C(C)C)cc3)C2=O)c(C)n1-c1ccc(C(C)(C)C)cc1. The number of carbonyl (C=O) groups is 2. The van der Waals surface area contributed by atoms with Gasteiger partial charge in [0.25, 0.3) is 11.8 Å². The monoisotopic (exact) mass is 499 g/mol. The highest BCUT2D eigenvalue weighted by Crippen LogP contribution is 2.28. The molecule has 0 atom stereocenters. The van der Waals surface area contributed by atoms with Crippen molar-refractivity contribution in [3.63, 3.8) is 0 Å². The summed E-state index contributed by atoms with van der Waals surface area (Å²) in [5, 5.41) is 2.77.